The Labute approximate surface area is 147 Å². The molecule has 124 valence electrons. The molecule has 0 unspecified atom stereocenters. The molecule has 0 aromatic rings. The molecule has 0 saturated carbocycles. The van der Waals surface area contributed by atoms with Crippen LogP contribution in [-0.2, 0) is 0 Å². The smallest absolute Gasteiger partial charge is 0.138 e. The van der Waals surface area contributed by atoms with Crippen LogP contribution >= 0.6 is 0 Å². The first-order valence-electron chi connectivity index (χ1n) is 8.59. The molecule has 0 aromatic carbocycles. The normalized spacial score (nSPS) is 25.0. The first-order valence-corrected chi connectivity index (χ1v) is 8.59. The highest BCUT2D eigenvalue weighted by Crippen LogP contribution is 2.27. The lowest BCUT2D eigenvalue weighted by atomic mass is 9.89. The van der Waals surface area contributed by atoms with Crippen LogP contribution in [0, 0.1) is 0 Å². The van der Waals surface area contributed by atoms with Crippen molar-refractivity contribution in [1.82, 2.24) is 10.6 Å². The van der Waals surface area contributed by atoms with Crippen LogP contribution in [0.4, 0.5) is 0 Å². The second-order valence-electron chi connectivity index (χ2n) is 6.06. The van der Waals surface area contributed by atoms with E-state index in [9.17, 15) is 0 Å². The van der Waals surface area contributed by atoms with E-state index < -0.39 is 0 Å². The fourth-order valence-electron chi connectivity index (χ4n) is 2.64. The van der Waals surface area contributed by atoms with Crippen molar-refractivity contribution in [2.24, 2.45) is 0 Å². The van der Waals surface area contributed by atoms with E-state index in [1.165, 1.54) is 16.6 Å². The standard InChI is InChI=1S/C21H27BN2/c1-4-16(2)24-21-17(3)23-15-9-12-19(22)13-14-20(21)18-10-7-5-6-8-11-18/h5-10,12-13,23-24H,2-4,11,14-15,22H2,1H3/b12-9-,19-13+,21-20-. The minimum Gasteiger partial charge on any atom is -0.380 e. The van der Waals surface area contributed by atoms with Crippen LogP contribution in [0.25, 0.3) is 0 Å². The largest absolute Gasteiger partial charge is 0.380 e. The molecule has 0 bridgehead atoms. The van der Waals surface area contributed by atoms with Crippen LogP contribution in [0.2, 0.25) is 0 Å². The lowest BCUT2D eigenvalue weighted by molar-refractivity contribution is 0.820. The minimum absolute atomic E-state index is 0.764. The fraction of sp³-hybridized carbons (Fsp3) is 0.238. The lowest BCUT2D eigenvalue weighted by Gasteiger charge is -2.22. The van der Waals surface area contributed by atoms with E-state index in [0.717, 1.165) is 42.9 Å². The van der Waals surface area contributed by atoms with Gasteiger partial charge in [0, 0.05) is 12.2 Å². The molecule has 0 aromatic heterocycles. The van der Waals surface area contributed by atoms with Crippen LogP contribution in [0.1, 0.15) is 26.2 Å². The van der Waals surface area contributed by atoms with Gasteiger partial charge in [-0.25, -0.2) is 0 Å². The summed E-state index contributed by atoms with van der Waals surface area (Å²) < 4.78 is 0. The molecular weight excluding hydrogens is 291 g/mol. The van der Waals surface area contributed by atoms with Gasteiger partial charge >= 0.3 is 0 Å². The summed E-state index contributed by atoms with van der Waals surface area (Å²) in [5.41, 5.74) is 6.82. The molecule has 2 rings (SSSR count). The van der Waals surface area contributed by atoms with E-state index in [1.54, 1.807) is 0 Å². The number of allylic oxidation sites excluding steroid dienone is 11. The summed E-state index contributed by atoms with van der Waals surface area (Å²) >= 11 is 0. The van der Waals surface area contributed by atoms with E-state index in [-0.39, 0.29) is 0 Å². The van der Waals surface area contributed by atoms with E-state index in [0.29, 0.717) is 0 Å². The first kappa shape index (κ1) is 17.9. The Balaban J connectivity index is 2.52. The maximum absolute atomic E-state index is 4.25. The van der Waals surface area contributed by atoms with E-state index in [4.69, 9.17) is 0 Å². The lowest BCUT2D eigenvalue weighted by Crippen LogP contribution is -2.24. The highest BCUT2D eigenvalue weighted by molar-refractivity contribution is 6.23. The highest BCUT2D eigenvalue weighted by Gasteiger charge is 2.14. The first-order chi connectivity index (χ1) is 11.6. The van der Waals surface area contributed by atoms with Crippen molar-refractivity contribution >= 4 is 7.85 Å². The summed E-state index contributed by atoms with van der Waals surface area (Å²) in [6, 6.07) is 0. The molecule has 0 radical (unpaired) electrons. The van der Waals surface area contributed by atoms with Gasteiger partial charge in [-0.3, -0.25) is 0 Å². The highest BCUT2D eigenvalue weighted by atomic mass is 15.0. The van der Waals surface area contributed by atoms with Crippen LogP contribution in [-0.4, -0.2) is 14.4 Å². The Bertz CT molecular complexity index is 685. The summed E-state index contributed by atoms with van der Waals surface area (Å²) in [5, 5.41) is 6.90. The molecule has 1 aliphatic carbocycles. The summed E-state index contributed by atoms with van der Waals surface area (Å²) in [6.45, 7) is 11.2. The summed E-state index contributed by atoms with van der Waals surface area (Å²) in [6.07, 6.45) is 19.9. The molecule has 0 spiro atoms. The zero-order valence-corrected chi connectivity index (χ0v) is 14.9. The average molecular weight is 318 g/mol. The third-order valence-corrected chi connectivity index (χ3v) is 4.16. The average Bonchev–Trinajstić information content (AvgIpc) is 2.86. The third-order valence-electron chi connectivity index (χ3n) is 4.16. The van der Waals surface area contributed by atoms with Crippen molar-refractivity contribution in [1.29, 1.82) is 0 Å². The number of hydrogen-bond donors (Lipinski definition) is 2. The van der Waals surface area contributed by atoms with Crippen LogP contribution < -0.4 is 10.6 Å². The quantitative estimate of drug-likeness (QED) is 0.771. The second-order valence-corrected chi connectivity index (χ2v) is 6.06. The van der Waals surface area contributed by atoms with Crippen LogP contribution in [0.15, 0.2) is 95.5 Å². The molecule has 0 fully saturated rings. The maximum Gasteiger partial charge on any atom is 0.138 e. The van der Waals surface area contributed by atoms with Crippen LogP contribution in [0.3, 0.4) is 0 Å². The number of rotatable bonds is 4. The minimum atomic E-state index is 0.764. The Morgan fingerprint density at radius 1 is 1.25 bits per heavy atom. The molecule has 2 N–H and O–H groups in total. The summed E-state index contributed by atoms with van der Waals surface area (Å²) in [5.74, 6) is 0. The predicted molar refractivity (Wildman–Crippen MR) is 108 cm³/mol. The molecule has 24 heavy (non-hydrogen) atoms. The van der Waals surface area contributed by atoms with Gasteiger partial charge < -0.3 is 10.6 Å². The molecule has 2 nitrogen and oxygen atoms in total. The van der Waals surface area contributed by atoms with Crippen molar-refractivity contribution in [3.05, 3.63) is 95.5 Å². The van der Waals surface area contributed by atoms with Gasteiger partial charge in [0.15, 0.2) is 0 Å². The van der Waals surface area contributed by atoms with Gasteiger partial charge in [0.1, 0.15) is 7.85 Å². The molecule has 0 saturated heterocycles. The molecule has 0 amide bonds. The van der Waals surface area contributed by atoms with Crippen LogP contribution in [0.5, 0.6) is 0 Å². The molecular formula is C21H27BN2. The van der Waals surface area contributed by atoms with Gasteiger partial charge in [0.05, 0.1) is 11.4 Å². The Kier molecular flexibility index (Phi) is 6.74. The van der Waals surface area contributed by atoms with E-state index >= 15 is 0 Å². The Hall–Kier alpha value is -2.42. The van der Waals surface area contributed by atoms with Gasteiger partial charge in [-0.2, -0.15) is 0 Å². The fourth-order valence-corrected chi connectivity index (χ4v) is 2.64. The van der Waals surface area contributed by atoms with Gasteiger partial charge in [0.25, 0.3) is 0 Å². The summed E-state index contributed by atoms with van der Waals surface area (Å²) in [7, 11) is 2.14. The monoisotopic (exact) mass is 318 g/mol. The van der Waals surface area contributed by atoms with E-state index in [1.807, 2.05) is 0 Å². The number of hydrogen-bond acceptors (Lipinski definition) is 2. The molecule has 2 aliphatic rings. The molecule has 1 heterocycles. The van der Waals surface area contributed by atoms with Crippen molar-refractivity contribution in [2.45, 2.75) is 26.2 Å². The topological polar surface area (TPSA) is 24.1 Å². The SMILES string of the molecule is BC1=C/C/C(C2=CC=CC=CC2)=C(/NC(=C)CC)C(=C)NC/C=C\1. The van der Waals surface area contributed by atoms with E-state index in [2.05, 4.69) is 87.2 Å². The van der Waals surface area contributed by atoms with Gasteiger partial charge in [-0.05, 0) is 30.4 Å². The summed E-state index contributed by atoms with van der Waals surface area (Å²) in [4.78, 5) is 0. The Morgan fingerprint density at radius 3 is 2.88 bits per heavy atom. The predicted octanol–water partition coefficient (Wildman–Crippen LogP) is 3.78. The molecule has 1 aliphatic heterocycles. The zero-order chi connectivity index (χ0) is 17.4. The Morgan fingerprint density at radius 2 is 2.08 bits per heavy atom. The van der Waals surface area contributed by atoms with Crippen molar-refractivity contribution in [3.8, 4) is 0 Å². The van der Waals surface area contributed by atoms with Gasteiger partial charge in [0.2, 0.25) is 0 Å². The zero-order valence-electron chi connectivity index (χ0n) is 14.9. The van der Waals surface area contributed by atoms with Crippen molar-refractivity contribution in [3.63, 3.8) is 0 Å². The van der Waals surface area contributed by atoms with Crippen molar-refractivity contribution < 1.29 is 0 Å². The van der Waals surface area contributed by atoms with Crippen molar-refractivity contribution in [2.75, 3.05) is 6.54 Å². The maximum atomic E-state index is 4.25. The number of nitrogens with one attached hydrogen (secondary N) is 2. The van der Waals surface area contributed by atoms with Gasteiger partial charge in [-0.15, -0.1) is 0 Å². The molecule has 0 atom stereocenters. The third kappa shape index (κ3) is 5.05. The molecule has 3 heteroatoms. The second kappa shape index (κ2) is 9.02. The van der Waals surface area contributed by atoms with Gasteiger partial charge in [-0.1, -0.05) is 74.2 Å².